The summed E-state index contributed by atoms with van der Waals surface area (Å²) in [7, 11) is 0. The van der Waals surface area contributed by atoms with Gasteiger partial charge in [-0.15, -0.1) is 12.4 Å². The Balaban J connectivity index is 0.00000380. The van der Waals surface area contributed by atoms with Crippen molar-refractivity contribution >= 4 is 35.6 Å². The minimum Gasteiger partial charge on any atom is -0.479 e. The van der Waals surface area contributed by atoms with Crippen molar-refractivity contribution in [3.63, 3.8) is 0 Å². The van der Waals surface area contributed by atoms with Crippen LogP contribution in [0, 0.1) is 5.41 Å². The van der Waals surface area contributed by atoms with Gasteiger partial charge in [-0.3, -0.25) is 15.4 Å². The van der Waals surface area contributed by atoms with Crippen LogP contribution in [-0.4, -0.2) is 26.9 Å². The largest absolute Gasteiger partial charge is 0.479 e. The van der Waals surface area contributed by atoms with E-state index in [2.05, 4.69) is 20.6 Å². The Morgan fingerprint density at radius 1 is 0.919 bits per heavy atom. The molecule has 2 aromatic heterocycles. The molecule has 0 aliphatic rings. The number of rotatable bonds is 10. The lowest BCUT2D eigenvalue weighted by atomic mass is 9.98. The molecule has 0 aliphatic carbocycles. The number of hydrogen-bond acceptors (Lipinski definition) is 6. The molecule has 0 bridgehead atoms. The lowest BCUT2D eigenvalue weighted by molar-refractivity contribution is -0.138. The quantitative estimate of drug-likeness (QED) is 0.144. The fourth-order valence-electron chi connectivity index (χ4n) is 3.99. The van der Waals surface area contributed by atoms with Crippen molar-refractivity contribution in [2.45, 2.75) is 25.4 Å². The van der Waals surface area contributed by atoms with E-state index in [-0.39, 0.29) is 24.3 Å². The summed E-state index contributed by atoms with van der Waals surface area (Å²) in [5, 5.41) is 24.3. The van der Waals surface area contributed by atoms with Gasteiger partial charge < -0.3 is 21.5 Å². The molecule has 9 heteroatoms. The number of carbonyl (C=O) groups is 1. The topological polar surface area (TPSA) is 137 Å². The number of nitrogens with one attached hydrogen (secondary N) is 3. The summed E-state index contributed by atoms with van der Waals surface area (Å²) in [4.78, 5) is 20.8. The van der Waals surface area contributed by atoms with Gasteiger partial charge in [-0.2, -0.15) is 0 Å². The van der Waals surface area contributed by atoms with E-state index in [4.69, 9.17) is 11.1 Å². The number of pyridine rings is 2. The first-order chi connectivity index (χ1) is 17.4. The Morgan fingerprint density at radius 2 is 1.54 bits per heavy atom. The summed E-state index contributed by atoms with van der Waals surface area (Å²) in [6.45, 7) is 2.03. The third-order valence-corrected chi connectivity index (χ3v) is 5.86. The molecule has 4 aromatic rings. The van der Waals surface area contributed by atoms with E-state index in [1.807, 2.05) is 61.8 Å². The molecule has 0 radical (unpaired) electrons. The summed E-state index contributed by atoms with van der Waals surface area (Å²) in [6.07, 6.45) is 7.81. The SMILES string of the molecule is CCc1cc(NC(c2cccnc2)c2cccnc2)cc(C(Nc2ccc(C(=N)N)cc2)C(=O)O)c1.Cl. The van der Waals surface area contributed by atoms with Gasteiger partial charge in [0.25, 0.3) is 0 Å². The summed E-state index contributed by atoms with van der Waals surface area (Å²) in [5.74, 6) is -1.04. The minimum atomic E-state index is -0.999. The first kappa shape index (κ1) is 27.2. The van der Waals surface area contributed by atoms with Crippen LogP contribution in [0.1, 0.15) is 46.8 Å². The molecule has 0 spiro atoms. The summed E-state index contributed by atoms with van der Waals surface area (Å²) in [6, 6.07) is 19.2. The summed E-state index contributed by atoms with van der Waals surface area (Å²) in [5.41, 5.74) is 11.1. The Morgan fingerprint density at radius 3 is 2.03 bits per heavy atom. The molecule has 37 heavy (non-hydrogen) atoms. The number of carboxylic acid groups (broad SMARTS) is 1. The molecule has 0 amide bonds. The number of aromatic nitrogens is 2. The number of nitrogens with zero attached hydrogens (tertiary/aromatic N) is 2. The predicted molar refractivity (Wildman–Crippen MR) is 148 cm³/mol. The van der Waals surface area contributed by atoms with Gasteiger partial charge in [-0.25, -0.2) is 4.79 Å². The fraction of sp³-hybridized carbons (Fsp3) is 0.143. The van der Waals surface area contributed by atoms with Gasteiger partial charge in [0.1, 0.15) is 5.84 Å². The number of aliphatic carboxylic acids is 1. The maximum absolute atomic E-state index is 12.3. The highest BCUT2D eigenvalue weighted by Crippen LogP contribution is 2.30. The molecule has 0 saturated carbocycles. The van der Waals surface area contributed by atoms with Crippen LogP contribution < -0.4 is 16.4 Å². The van der Waals surface area contributed by atoms with E-state index in [1.54, 1.807) is 36.7 Å². The van der Waals surface area contributed by atoms with Crippen LogP contribution in [0.25, 0.3) is 0 Å². The van der Waals surface area contributed by atoms with Crippen LogP contribution in [0.4, 0.5) is 11.4 Å². The number of anilines is 2. The van der Waals surface area contributed by atoms with E-state index in [9.17, 15) is 9.90 Å². The molecule has 1 atom stereocenters. The first-order valence-corrected chi connectivity index (χ1v) is 11.6. The van der Waals surface area contributed by atoms with E-state index >= 15 is 0 Å². The lowest BCUT2D eigenvalue weighted by Crippen LogP contribution is -2.21. The average molecular weight is 517 g/mol. The number of hydrogen-bond donors (Lipinski definition) is 5. The third kappa shape index (κ3) is 6.83. The van der Waals surface area contributed by atoms with E-state index in [0.29, 0.717) is 16.8 Å². The highest BCUT2D eigenvalue weighted by Gasteiger charge is 2.22. The highest BCUT2D eigenvalue weighted by atomic mass is 35.5. The van der Waals surface area contributed by atoms with Gasteiger partial charge in [-0.1, -0.05) is 25.1 Å². The molecule has 2 heterocycles. The normalized spacial score (nSPS) is 11.3. The van der Waals surface area contributed by atoms with E-state index in [0.717, 1.165) is 28.8 Å². The Bertz CT molecular complexity index is 1290. The molecule has 2 aromatic carbocycles. The molecule has 6 N–H and O–H groups in total. The Kier molecular flexibility index (Phi) is 9.18. The Hall–Kier alpha value is -4.43. The summed E-state index contributed by atoms with van der Waals surface area (Å²) >= 11 is 0. The third-order valence-electron chi connectivity index (χ3n) is 5.86. The molecule has 1 unspecified atom stereocenters. The maximum atomic E-state index is 12.3. The molecule has 0 aliphatic heterocycles. The van der Waals surface area contributed by atoms with Gasteiger partial charge >= 0.3 is 5.97 Å². The average Bonchev–Trinajstić information content (AvgIpc) is 2.91. The molecule has 190 valence electrons. The van der Waals surface area contributed by atoms with Crippen LogP contribution in [0.2, 0.25) is 0 Å². The van der Waals surface area contributed by atoms with Gasteiger partial charge in [0, 0.05) is 41.7 Å². The highest BCUT2D eigenvalue weighted by molar-refractivity contribution is 5.95. The molecule has 0 saturated heterocycles. The smallest absolute Gasteiger partial charge is 0.330 e. The molecule has 8 nitrogen and oxygen atoms in total. The molecular formula is C28H29ClN6O2. The van der Waals surface area contributed by atoms with Crippen molar-refractivity contribution < 1.29 is 9.90 Å². The van der Waals surface area contributed by atoms with Gasteiger partial charge in [0.05, 0.1) is 6.04 Å². The van der Waals surface area contributed by atoms with Crippen molar-refractivity contribution in [1.82, 2.24) is 9.97 Å². The second kappa shape index (κ2) is 12.5. The number of amidine groups is 1. The van der Waals surface area contributed by atoms with Crippen molar-refractivity contribution in [3.05, 3.63) is 119 Å². The van der Waals surface area contributed by atoms with Crippen molar-refractivity contribution in [2.24, 2.45) is 5.73 Å². The van der Waals surface area contributed by atoms with Crippen molar-refractivity contribution in [3.8, 4) is 0 Å². The fourth-order valence-corrected chi connectivity index (χ4v) is 3.99. The zero-order chi connectivity index (χ0) is 25.5. The summed E-state index contributed by atoms with van der Waals surface area (Å²) < 4.78 is 0. The minimum absolute atomic E-state index is 0. The number of aryl methyl sites for hydroxylation is 1. The monoisotopic (exact) mass is 516 g/mol. The lowest BCUT2D eigenvalue weighted by Gasteiger charge is -2.23. The van der Waals surface area contributed by atoms with Gasteiger partial charge in [0.15, 0.2) is 6.04 Å². The number of benzene rings is 2. The van der Waals surface area contributed by atoms with Crippen LogP contribution in [0.5, 0.6) is 0 Å². The second-order valence-corrected chi connectivity index (χ2v) is 8.37. The number of halogens is 1. The molecule has 4 rings (SSSR count). The number of nitrogens with two attached hydrogens (primary N) is 1. The van der Waals surface area contributed by atoms with Crippen LogP contribution in [-0.2, 0) is 11.2 Å². The first-order valence-electron chi connectivity index (χ1n) is 11.6. The number of nitrogen functional groups attached to an aromatic ring is 1. The van der Waals surface area contributed by atoms with Gasteiger partial charge in [0.2, 0.25) is 0 Å². The molecule has 0 fully saturated rings. The van der Waals surface area contributed by atoms with Crippen LogP contribution in [0.15, 0.2) is 91.5 Å². The van der Waals surface area contributed by atoms with E-state index < -0.39 is 12.0 Å². The molecular weight excluding hydrogens is 488 g/mol. The van der Waals surface area contributed by atoms with E-state index in [1.165, 1.54) is 0 Å². The van der Waals surface area contributed by atoms with Gasteiger partial charge in [-0.05, 0) is 77.2 Å². The van der Waals surface area contributed by atoms with Crippen molar-refractivity contribution in [2.75, 3.05) is 10.6 Å². The van der Waals surface area contributed by atoms with Crippen molar-refractivity contribution in [1.29, 1.82) is 5.41 Å². The second-order valence-electron chi connectivity index (χ2n) is 8.37. The zero-order valence-corrected chi connectivity index (χ0v) is 21.1. The zero-order valence-electron chi connectivity index (χ0n) is 20.3. The standard InChI is InChI=1S/C28H28N6O2.ClH/c1-2-18-13-22(26(28(35)36)33-23-9-7-19(8-10-23)27(29)30)15-24(14-18)34-25(20-5-3-11-31-16-20)21-6-4-12-32-17-21;/h3-17,25-26,33-34H,2H2,1H3,(H3,29,30)(H,35,36);1H. The Labute approximate surface area is 221 Å². The van der Waals surface area contributed by atoms with Crippen LogP contribution >= 0.6 is 12.4 Å². The number of carboxylic acids is 1. The predicted octanol–water partition coefficient (Wildman–Crippen LogP) is 5.18. The maximum Gasteiger partial charge on any atom is 0.330 e. The van der Waals surface area contributed by atoms with Crippen LogP contribution in [0.3, 0.4) is 0 Å².